The number of rotatable bonds is 3. The number of halogens is 1. The van der Waals surface area contributed by atoms with E-state index in [1.54, 1.807) is 0 Å². The van der Waals surface area contributed by atoms with Crippen molar-refractivity contribution in [3.63, 3.8) is 0 Å². The van der Waals surface area contributed by atoms with Gasteiger partial charge in [0.15, 0.2) is 0 Å². The lowest BCUT2D eigenvalue weighted by atomic mass is 10.2. The predicted molar refractivity (Wildman–Crippen MR) is 70.5 cm³/mol. The van der Waals surface area contributed by atoms with Gasteiger partial charge in [0.2, 0.25) is 10.0 Å². The smallest absolute Gasteiger partial charge is 0.240 e. The highest BCUT2D eigenvalue weighted by atomic mass is 35.5. The summed E-state index contributed by atoms with van der Waals surface area (Å²) in [5, 5.41) is 0.141. The van der Waals surface area contributed by atoms with E-state index in [0.29, 0.717) is 24.3 Å². The molecule has 0 saturated carbocycles. The van der Waals surface area contributed by atoms with Crippen molar-refractivity contribution in [2.24, 2.45) is 0 Å². The maximum atomic E-state index is 12.1. The van der Waals surface area contributed by atoms with Gasteiger partial charge in [0.1, 0.15) is 5.15 Å². The second-order valence-electron chi connectivity index (χ2n) is 4.06. The highest BCUT2D eigenvalue weighted by Gasteiger charge is 2.24. The van der Waals surface area contributed by atoms with E-state index >= 15 is 0 Å². The van der Waals surface area contributed by atoms with Gasteiger partial charge in [-0.15, -0.1) is 0 Å². The molecule has 1 aliphatic rings. The summed E-state index contributed by atoms with van der Waals surface area (Å²) in [6.07, 6.45) is 2.56. The van der Waals surface area contributed by atoms with E-state index < -0.39 is 20.8 Å². The molecule has 0 unspecified atom stereocenters. The molecule has 0 spiro atoms. The molecule has 18 heavy (non-hydrogen) atoms. The molecule has 1 fully saturated rings. The zero-order chi connectivity index (χ0) is 13.2. The first-order valence-electron chi connectivity index (χ1n) is 5.46. The maximum absolute atomic E-state index is 12.1. The molecule has 1 aliphatic heterocycles. The van der Waals surface area contributed by atoms with Crippen LogP contribution in [0.1, 0.15) is 12.8 Å². The Hall–Kier alpha value is -0.500. The van der Waals surface area contributed by atoms with E-state index in [2.05, 4.69) is 9.71 Å². The van der Waals surface area contributed by atoms with Gasteiger partial charge in [-0.05, 0) is 25.0 Å². The van der Waals surface area contributed by atoms with Gasteiger partial charge in [0, 0.05) is 34.5 Å². The summed E-state index contributed by atoms with van der Waals surface area (Å²) in [7, 11) is -4.38. The molecular weight excluding hydrogens is 296 g/mol. The minimum atomic E-state index is -3.57. The zero-order valence-corrected chi connectivity index (χ0v) is 11.9. The van der Waals surface area contributed by atoms with Gasteiger partial charge < -0.3 is 0 Å². The van der Waals surface area contributed by atoms with Crippen LogP contribution in [0.4, 0.5) is 0 Å². The van der Waals surface area contributed by atoms with E-state index in [4.69, 9.17) is 11.6 Å². The summed E-state index contributed by atoms with van der Waals surface area (Å²) in [6.45, 7) is 0. The van der Waals surface area contributed by atoms with Gasteiger partial charge >= 0.3 is 0 Å². The van der Waals surface area contributed by atoms with Crippen LogP contribution in [0.5, 0.6) is 0 Å². The number of aromatic nitrogens is 1. The average molecular weight is 309 g/mol. The summed E-state index contributed by atoms with van der Waals surface area (Å²) in [5.74, 6) is 1.09. The molecule has 5 nitrogen and oxygen atoms in total. The molecule has 2 heterocycles. The molecule has 0 atom stereocenters. The Morgan fingerprint density at radius 3 is 2.67 bits per heavy atom. The second-order valence-corrected chi connectivity index (χ2v) is 7.86. The number of hydrogen-bond donors (Lipinski definition) is 1. The lowest BCUT2D eigenvalue weighted by molar-refractivity contribution is 0.522. The minimum Gasteiger partial charge on any atom is -0.260 e. The van der Waals surface area contributed by atoms with Crippen LogP contribution < -0.4 is 4.72 Å². The number of hydrogen-bond acceptors (Lipinski definition) is 4. The van der Waals surface area contributed by atoms with Gasteiger partial charge in [-0.1, -0.05) is 11.6 Å². The Labute approximate surface area is 113 Å². The molecule has 0 radical (unpaired) electrons. The third-order valence-corrected chi connectivity index (χ3v) is 5.83. The van der Waals surface area contributed by atoms with E-state index in [-0.39, 0.29) is 16.1 Å². The van der Waals surface area contributed by atoms with Crippen LogP contribution in [0.2, 0.25) is 5.15 Å². The zero-order valence-electron chi connectivity index (χ0n) is 9.50. The van der Waals surface area contributed by atoms with Gasteiger partial charge in [0.25, 0.3) is 0 Å². The Morgan fingerprint density at radius 1 is 1.39 bits per heavy atom. The largest absolute Gasteiger partial charge is 0.260 e. The third kappa shape index (κ3) is 3.50. The Morgan fingerprint density at radius 2 is 2.06 bits per heavy atom. The van der Waals surface area contributed by atoms with Gasteiger partial charge in [-0.25, -0.2) is 18.1 Å². The molecule has 1 N–H and O–H groups in total. The molecule has 0 amide bonds. The van der Waals surface area contributed by atoms with Gasteiger partial charge in [-0.2, -0.15) is 0 Å². The Bertz CT molecular complexity index is 552. The van der Waals surface area contributed by atoms with E-state index in [9.17, 15) is 12.6 Å². The van der Waals surface area contributed by atoms with E-state index in [1.807, 2.05) is 0 Å². The number of nitrogens with one attached hydrogen (secondary N) is 1. The SMILES string of the molecule is O=S1CCC(NS(=O)(=O)c2ccnc(Cl)c2)CC1. The molecule has 0 aromatic carbocycles. The maximum Gasteiger partial charge on any atom is 0.240 e. The number of pyridine rings is 1. The first-order valence-corrected chi connectivity index (χ1v) is 8.81. The highest BCUT2D eigenvalue weighted by molar-refractivity contribution is 7.89. The van der Waals surface area contributed by atoms with E-state index in [0.717, 1.165) is 0 Å². The molecule has 0 aliphatic carbocycles. The summed E-state index contributed by atoms with van der Waals surface area (Å²) < 4.78 is 37.9. The summed E-state index contributed by atoms with van der Waals surface area (Å²) in [6, 6.07) is 2.56. The van der Waals surface area contributed by atoms with Crippen LogP contribution in [0.15, 0.2) is 23.2 Å². The summed E-state index contributed by atoms with van der Waals surface area (Å²) in [5.41, 5.74) is 0. The van der Waals surface area contributed by atoms with Crippen LogP contribution in [0.25, 0.3) is 0 Å². The van der Waals surface area contributed by atoms with Crippen LogP contribution in [0, 0.1) is 0 Å². The van der Waals surface area contributed by atoms with Crippen molar-refractivity contribution in [3.05, 3.63) is 23.5 Å². The summed E-state index contributed by atoms with van der Waals surface area (Å²) >= 11 is 5.67. The Kier molecular flexibility index (Phi) is 4.37. The van der Waals surface area contributed by atoms with Crippen molar-refractivity contribution in [1.82, 2.24) is 9.71 Å². The fraction of sp³-hybridized carbons (Fsp3) is 0.500. The average Bonchev–Trinajstić information content (AvgIpc) is 2.32. The number of nitrogens with zero attached hydrogens (tertiary/aromatic N) is 1. The number of sulfonamides is 1. The van der Waals surface area contributed by atoms with Crippen molar-refractivity contribution in [2.45, 2.75) is 23.8 Å². The lowest BCUT2D eigenvalue weighted by Crippen LogP contribution is -2.39. The highest BCUT2D eigenvalue weighted by Crippen LogP contribution is 2.16. The first kappa shape index (κ1) is 13.9. The standard InChI is InChI=1S/C10H13ClN2O3S2/c11-10-7-9(1-4-12-10)18(15,16)13-8-2-5-17(14)6-3-8/h1,4,7-8,13H,2-3,5-6H2. The van der Waals surface area contributed by atoms with E-state index in [1.165, 1.54) is 18.3 Å². The van der Waals surface area contributed by atoms with Crippen LogP contribution in [-0.2, 0) is 20.8 Å². The predicted octanol–water partition coefficient (Wildman–Crippen LogP) is 0.924. The van der Waals surface area contributed by atoms with Crippen molar-refractivity contribution < 1.29 is 12.6 Å². The molecule has 1 aromatic rings. The van der Waals surface area contributed by atoms with Crippen LogP contribution >= 0.6 is 11.6 Å². The van der Waals surface area contributed by atoms with Gasteiger partial charge in [-0.3, -0.25) is 4.21 Å². The molecule has 0 bridgehead atoms. The monoisotopic (exact) mass is 308 g/mol. The minimum absolute atomic E-state index is 0.106. The third-order valence-electron chi connectivity index (χ3n) is 2.72. The second kappa shape index (κ2) is 5.64. The molecule has 8 heteroatoms. The molecule has 1 aromatic heterocycles. The molecule has 2 rings (SSSR count). The van der Waals surface area contributed by atoms with Crippen molar-refractivity contribution in [2.75, 3.05) is 11.5 Å². The Balaban J connectivity index is 2.10. The first-order chi connectivity index (χ1) is 8.47. The van der Waals surface area contributed by atoms with Crippen molar-refractivity contribution >= 4 is 32.4 Å². The van der Waals surface area contributed by atoms with Crippen molar-refractivity contribution in [3.8, 4) is 0 Å². The molecular formula is C10H13ClN2O3S2. The fourth-order valence-corrected chi connectivity index (χ4v) is 4.61. The van der Waals surface area contributed by atoms with Crippen molar-refractivity contribution in [1.29, 1.82) is 0 Å². The quantitative estimate of drug-likeness (QED) is 0.843. The normalized spacial score (nSPS) is 24.9. The van der Waals surface area contributed by atoms with Crippen LogP contribution in [-0.4, -0.2) is 35.2 Å². The molecule has 100 valence electrons. The van der Waals surface area contributed by atoms with Gasteiger partial charge in [0.05, 0.1) is 4.90 Å². The molecule has 1 saturated heterocycles. The van der Waals surface area contributed by atoms with Crippen LogP contribution in [0.3, 0.4) is 0 Å². The fourth-order valence-electron chi connectivity index (χ4n) is 1.75. The summed E-state index contributed by atoms with van der Waals surface area (Å²) in [4.78, 5) is 3.85. The topological polar surface area (TPSA) is 76.1 Å². The lowest BCUT2D eigenvalue weighted by Gasteiger charge is -2.22.